The Kier molecular flexibility index (Phi) is 8.21. The molecule has 0 radical (unpaired) electrons. The van der Waals surface area contributed by atoms with Crippen molar-refractivity contribution in [3.63, 3.8) is 0 Å². The van der Waals surface area contributed by atoms with E-state index >= 15 is 0 Å². The molecule has 0 spiro atoms. The second-order valence-electron chi connectivity index (χ2n) is 8.25. The van der Waals surface area contributed by atoms with Crippen LogP contribution in [0.5, 0.6) is 5.75 Å². The highest BCUT2D eigenvalue weighted by molar-refractivity contribution is 9.11. The summed E-state index contributed by atoms with van der Waals surface area (Å²) in [7, 11) is 0. The summed E-state index contributed by atoms with van der Waals surface area (Å²) in [5.41, 5.74) is 1.25. The molecule has 1 heterocycles. The monoisotopic (exact) mass is 656 g/mol. The van der Waals surface area contributed by atoms with Crippen molar-refractivity contribution >= 4 is 78.8 Å². The van der Waals surface area contributed by atoms with Crippen LogP contribution in [0.2, 0.25) is 0 Å². The zero-order valence-electron chi connectivity index (χ0n) is 20.1. The lowest BCUT2D eigenvalue weighted by molar-refractivity contribution is -0.384. The van der Waals surface area contributed by atoms with E-state index in [-0.39, 0.29) is 29.5 Å². The molecule has 4 rings (SSSR count). The number of rotatable bonds is 7. The van der Waals surface area contributed by atoms with Gasteiger partial charge in [-0.25, -0.2) is 9.69 Å². The molecule has 2 N–H and O–H groups in total. The molecular weight excluding hydrogens is 640 g/mol. The van der Waals surface area contributed by atoms with E-state index in [4.69, 9.17) is 4.74 Å². The number of aryl methyl sites for hydroxylation is 1. The third kappa shape index (κ3) is 6.38. The van der Waals surface area contributed by atoms with Crippen molar-refractivity contribution in [2.75, 3.05) is 16.8 Å². The first-order valence-electron chi connectivity index (χ1n) is 11.2. The largest absolute Gasteiger partial charge is 0.481 e. The summed E-state index contributed by atoms with van der Waals surface area (Å²) in [6, 6.07) is 14.3. The molecule has 5 amide bonds. The molecule has 0 saturated carbocycles. The summed E-state index contributed by atoms with van der Waals surface area (Å²) in [5, 5.41) is 15.9. The number of nitrogens with one attached hydrogen (secondary N) is 2. The fourth-order valence-corrected chi connectivity index (χ4v) is 5.11. The molecule has 1 aliphatic heterocycles. The number of nitro benzene ring substituents is 1. The van der Waals surface area contributed by atoms with Crippen molar-refractivity contribution in [3.05, 3.63) is 96.4 Å². The number of nitro groups is 1. The van der Waals surface area contributed by atoms with Crippen molar-refractivity contribution in [1.29, 1.82) is 0 Å². The summed E-state index contributed by atoms with van der Waals surface area (Å²) in [5.74, 6) is -1.94. The standard InChI is InChI=1S/C26H18Br2N4O7/c1-14-4-2-5-16(8-14)29-22(33)13-39-23-20(27)10-15(11-21(23)28)9-19-24(34)30-26(36)31(25(19)35)17-6-3-7-18(12-17)32(37)38/h2-12H,13H2,1H3,(H,29,33)(H,30,34,36)/b19-9-. The molecule has 0 aromatic heterocycles. The summed E-state index contributed by atoms with van der Waals surface area (Å²) >= 11 is 6.74. The normalized spacial score (nSPS) is 14.3. The van der Waals surface area contributed by atoms with Gasteiger partial charge < -0.3 is 10.1 Å². The Hall–Kier alpha value is -4.36. The highest BCUT2D eigenvalue weighted by Crippen LogP contribution is 2.36. The van der Waals surface area contributed by atoms with Crippen LogP contribution in [-0.2, 0) is 14.4 Å². The van der Waals surface area contributed by atoms with E-state index in [0.717, 1.165) is 11.6 Å². The van der Waals surface area contributed by atoms with E-state index in [0.29, 0.717) is 30.8 Å². The van der Waals surface area contributed by atoms with Gasteiger partial charge in [0, 0.05) is 17.8 Å². The van der Waals surface area contributed by atoms with Crippen LogP contribution in [-0.4, -0.2) is 35.3 Å². The lowest BCUT2D eigenvalue weighted by Gasteiger charge is -2.26. The Morgan fingerprint density at radius 2 is 1.77 bits per heavy atom. The van der Waals surface area contributed by atoms with E-state index in [2.05, 4.69) is 42.5 Å². The Bertz CT molecular complexity index is 1550. The number of carbonyl (C=O) groups is 4. The maximum absolute atomic E-state index is 13.1. The van der Waals surface area contributed by atoms with Gasteiger partial charge in [0.25, 0.3) is 23.4 Å². The third-order valence-corrected chi connectivity index (χ3v) is 6.56. The third-order valence-electron chi connectivity index (χ3n) is 5.38. The number of halogens is 2. The van der Waals surface area contributed by atoms with E-state index in [1.165, 1.54) is 24.3 Å². The molecule has 1 fully saturated rings. The highest BCUT2D eigenvalue weighted by Gasteiger charge is 2.37. The first-order valence-corrected chi connectivity index (χ1v) is 12.8. The zero-order chi connectivity index (χ0) is 28.3. The molecule has 1 aliphatic rings. The molecule has 3 aromatic rings. The summed E-state index contributed by atoms with van der Waals surface area (Å²) in [6.07, 6.45) is 1.26. The van der Waals surface area contributed by atoms with E-state index < -0.39 is 22.8 Å². The molecule has 1 saturated heterocycles. The van der Waals surface area contributed by atoms with Crippen LogP contribution < -0.4 is 20.3 Å². The van der Waals surface area contributed by atoms with Crippen molar-refractivity contribution < 1.29 is 28.8 Å². The topological polar surface area (TPSA) is 148 Å². The summed E-state index contributed by atoms with van der Waals surface area (Å²) < 4.78 is 6.50. The fourth-order valence-electron chi connectivity index (χ4n) is 3.66. The zero-order valence-corrected chi connectivity index (χ0v) is 23.2. The molecule has 198 valence electrons. The number of ether oxygens (including phenoxy) is 1. The van der Waals surface area contributed by atoms with Gasteiger partial charge >= 0.3 is 6.03 Å². The van der Waals surface area contributed by atoms with Gasteiger partial charge in [0.05, 0.1) is 19.6 Å². The van der Waals surface area contributed by atoms with Gasteiger partial charge in [0.2, 0.25) is 0 Å². The molecule has 13 heteroatoms. The van der Waals surface area contributed by atoms with Crippen LogP contribution >= 0.6 is 31.9 Å². The van der Waals surface area contributed by atoms with Gasteiger partial charge in [0.1, 0.15) is 11.3 Å². The summed E-state index contributed by atoms with van der Waals surface area (Å²) in [6.45, 7) is 1.62. The van der Waals surface area contributed by atoms with Crippen molar-refractivity contribution in [2.45, 2.75) is 6.92 Å². The van der Waals surface area contributed by atoms with Crippen LogP contribution in [0.25, 0.3) is 6.08 Å². The molecular formula is C26H18Br2N4O7. The predicted octanol–water partition coefficient (Wildman–Crippen LogP) is 5.11. The number of non-ortho nitro benzene ring substituents is 1. The number of hydrogen-bond acceptors (Lipinski definition) is 7. The first-order chi connectivity index (χ1) is 18.5. The highest BCUT2D eigenvalue weighted by atomic mass is 79.9. The Morgan fingerprint density at radius 1 is 1.08 bits per heavy atom. The van der Waals surface area contributed by atoms with Crippen LogP contribution in [0.1, 0.15) is 11.1 Å². The number of barbiturate groups is 1. The SMILES string of the molecule is Cc1cccc(NC(=O)COc2c(Br)cc(/C=C3/C(=O)NC(=O)N(c4cccc([N+](=O)[O-])c4)C3=O)cc2Br)c1. The number of benzene rings is 3. The maximum Gasteiger partial charge on any atom is 0.335 e. The first kappa shape index (κ1) is 27.7. The molecule has 0 bridgehead atoms. The Labute approximate surface area is 238 Å². The Morgan fingerprint density at radius 3 is 2.44 bits per heavy atom. The molecule has 0 unspecified atom stereocenters. The van der Waals surface area contributed by atoms with Crippen molar-refractivity contribution in [2.24, 2.45) is 0 Å². The van der Waals surface area contributed by atoms with E-state index in [1.54, 1.807) is 18.2 Å². The second kappa shape index (κ2) is 11.6. The number of hydrogen-bond donors (Lipinski definition) is 2. The average Bonchev–Trinajstić information content (AvgIpc) is 2.86. The lowest BCUT2D eigenvalue weighted by Crippen LogP contribution is -2.54. The van der Waals surface area contributed by atoms with Crippen molar-refractivity contribution in [1.82, 2.24) is 5.32 Å². The van der Waals surface area contributed by atoms with Gasteiger partial charge in [-0.3, -0.25) is 29.8 Å². The molecule has 11 nitrogen and oxygen atoms in total. The van der Waals surface area contributed by atoms with E-state index in [1.807, 2.05) is 25.1 Å². The molecule has 39 heavy (non-hydrogen) atoms. The molecule has 0 aliphatic carbocycles. The van der Waals surface area contributed by atoms with Crippen LogP contribution in [0.3, 0.4) is 0 Å². The second-order valence-corrected chi connectivity index (χ2v) is 9.96. The van der Waals surface area contributed by atoms with E-state index in [9.17, 15) is 29.3 Å². The van der Waals surface area contributed by atoms with Gasteiger partial charge in [-0.05, 0) is 86.3 Å². The quantitative estimate of drug-likeness (QED) is 0.155. The Balaban J connectivity index is 1.54. The van der Waals surface area contributed by atoms with Gasteiger partial charge in [0.15, 0.2) is 6.61 Å². The van der Waals surface area contributed by atoms with Gasteiger partial charge in [-0.15, -0.1) is 0 Å². The number of carbonyl (C=O) groups excluding carboxylic acids is 4. The molecule has 0 atom stereocenters. The minimum Gasteiger partial charge on any atom is -0.481 e. The maximum atomic E-state index is 13.1. The minimum atomic E-state index is -1.03. The smallest absolute Gasteiger partial charge is 0.335 e. The molecule has 3 aromatic carbocycles. The average molecular weight is 658 g/mol. The van der Waals surface area contributed by atoms with Crippen molar-refractivity contribution in [3.8, 4) is 5.75 Å². The predicted molar refractivity (Wildman–Crippen MR) is 149 cm³/mol. The van der Waals surface area contributed by atoms with Crippen LogP contribution in [0.15, 0.2) is 75.2 Å². The van der Waals surface area contributed by atoms with Crippen LogP contribution in [0, 0.1) is 17.0 Å². The number of urea groups is 1. The number of amides is 5. The van der Waals surface area contributed by atoms with Gasteiger partial charge in [-0.1, -0.05) is 18.2 Å². The summed E-state index contributed by atoms with van der Waals surface area (Å²) in [4.78, 5) is 61.5. The van der Waals surface area contributed by atoms with Gasteiger partial charge in [-0.2, -0.15) is 0 Å². The number of nitrogens with zero attached hydrogens (tertiary/aromatic N) is 2. The fraction of sp³-hybridized carbons (Fsp3) is 0.0769. The minimum absolute atomic E-state index is 0.0693. The lowest BCUT2D eigenvalue weighted by atomic mass is 10.1. The number of imide groups is 2. The number of anilines is 2. The van der Waals surface area contributed by atoms with Crippen LogP contribution in [0.4, 0.5) is 21.9 Å².